The minimum Gasteiger partial charge on any atom is -0.463 e. The average Bonchev–Trinajstić information content (AvgIpc) is 2.53. The van der Waals surface area contributed by atoms with E-state index in [-0.39, 0.29) is 23.1 Å². The molecule has 0 spiro atoms. The van der Waals surface area contributed by atoms with Crippen molar-refractivity contribution in [3.63, 3.8) is 0 Å². The summed E-state index contributed by atoms with van der Waals surface area (Å²) >= 11 is 0. The first-order valence-electron chi connectivity index (χ1n) is 9.21. The van der Waals surface area contributed by atoms with Crippen LogP contribution >= 0.6 is 0 Å². The lowest BCUT2D eigenvalue weighted by Crippen LogP contribution is -2.38. The number of aryl methyl sites for hydroxylation is 1. The summed E-state index contributed by atoms with van der Waals surface area (Å²) in [7, 11) is 0. The number of benzene rings is 1. The Labute approximate surface area is 155 Å². The Kier molecular flexibility index (Phi) is 4.78. The standard InChI is InChI=1S/C22H27NO3/c1-6-26-21(25)18-14(3)23-16-11-22(4,5)12-17(24)20(16)19(18)15-9-7-13(2)8-10-15/h7-10,19,23H,6,11-12H2,1-5H3/t19-/m0/s1. The smallest absolute Gasteiger partial charge is 0.336 e. The predicted molar refractivity (Wildman–Crippen MR) is 101 cm³/mol. The highest BCUT2D eigenvalue weighted by Crippen LogP contribution is 2.46. The molecule has 1 aliphatic carbocycles. The Morgan fingerprint density at radius 2 is 1.85 bits per heavy atom. The molecule has 0 fully saturated rings. The molecule has 4 heteroatoms. The summed E-state index contributed by atoms with van der Waals surface area (Å²) in [6.07, 6.45) is 1.29. The van der Waals surface area contributed by atoms with Crippen LogP contribution in [0.25, 0.3) is 0 Å². The van der Waals surface area contributed by atoms with Gasteiger partial charge in [-0.1, -0.05) is 43.7 Å². The van der Waals surface area contributed by atoms with Crippen molar-refractivity contribution >= 4 is 11.8 Å². The fraction of sp³-hybridized carbons (Fsp3) is 0.455. The zero-order valence-electron chi connectivity index (χ0n) is 16.2. The maximum atomic E-state index is 13.1. The number of ether oxygens (including phenoxy) is 1. The highest BCUT2D eigenvalue weighted by Gasteiger charge is 2.42. The highest BCUT2D eigenvalue weighted by atomic mass is 16.5. The van der Waals surface area contributed by atoms with Crippen LogP contribution in [0.3, 0.4) is 0 Å². The normalized spacial score (nSPS) is 22.0. The van der Waals surface area contributed by atoms with E-state index >= 15 is 0 Å². The summed E-state index contributed by atoms with van der Waals surface area (Å²) in [6.45, 7) is 10.2. The molecular formula is C22H27NO3. The topological polar surface area (TPSA) is 55.4 Å². The zero-order chi connectivity index (χ0) is 19.1. The fourth-order valence-electron chi connectivity index (χ4n) is 4.01. The summed E-state index contributed by atoms with van der Waals surface area (Å²) in [6, 6.07) is 8.06. The Morgan fingerprint density at radius 1 is 1.19 bits per heavy atom. The number of Topliss-reactive ketones (excluding diaryl/α,β-unsaturated/α-hetero) is 1. The van der Waals surface area contributed by atoms with Crippen LogP contribution in [0.15, 0.2) is 46.8 Å². The van der Waals surface area contributed by atoms with Gasteiger partial charge in [0.15, 0.2) is 5.78 Å². The van der Waals surface area contributed by atoms with Gasteiger partial charge in [0, 0.05) is 29.3 Å². The van der Waals surface area contributed by atoms with Gasteiger partial charge in [-0.05, 0) is 38.2 Å². The number of esters is 1. The van der Waals surface area contributed by atoms with E-state index in [0.717, 1.165) is 34.5 Å². The van der Waals surface area contributed by atoms with Crippen molar-refractivity contribution in [3.05, 3.63) is 57.9 Å². The number of ketones is 1. The molecule has 1 atom stereocenters. The Morgan fingerprint density at radius 3 is 2.46 bits per heavy atom. The maximum absolute atomic E-state index is 13.1. The van der Waals surface area contributed by atoms with Crippen LogP contribution < -0.4 is 5.32 Å². The molecule has 1 heterocycles. The predicted octanol–water partition coefficient (Wildman–Crippen LogP) is 4.16. The molecule has 0 saturated carbocycles. The van der Waals surface area contributed by atoms with Gasteiger partial charge in [-0.2, -0.15) is 0 Å². The van der Waals surface area contributed by atoms with Crippen LogP contribution in [0.2, 0.25) is 0 Å². The highest BCUT2D eigenvalue weighted by molar-refractivity contribution is 6.04. The summed E-state index contributed by atoms with van der Waals surface area (Å²) in [4.78, 5) is 25.8. The number of hydrogen-bond donors (Lipinski definition) is 1. The van der Waals surface area contributed by atoms with Crippen LogP contribution in [-0.4, -0.2) is 18.4 Å². The molecule has 0 aromatic heterocycles. The third-order valence-corrected chi connectivity index (χ3v) is 5.15. The summed E-state index contributed by atoms with van der Waals surface area (Å²) in [5.74, 6) is -0.606. The lowest BCUT2D eigenvalue weighted by Gasteiger charge is -2.39. The molecule has 0 unspecified atom stereocenters. The van der Waals surface area contributed by atoms with E-state index in [9.17, 15) is 9.59 Å². The molecular weight excluding hydrogens is 326 g/mol. The molecule has 1 N–H and O–H groups in total. The molecule has 0 amide bonds. The molecule has 0 bridgehead atoms. The first-order chi connectivity index (χ1) is 12.2. The van der Waals surface area contributed by atoms with Gasteiger partial charge in [0.05, 0.1) is 12.2 Å². The Bertz CT molecular complexity index is 812. The first-order valence-corrected chi connectivity index (χ1v) is 9.21. The van der Waals surface area contributed by atoms with Crippen molar-refractivity contribution in [3.8, 4) is 0 Å². The molecule has 1 aliphatic heterocycles. The van der Waals surface area contributed by atoms with Crippen LogP contribution in [0.5, 0.6) is 0 Å². The van der Waals surface area contributed by atoms with Gasteiger partial charge in [0.25, 0.3) is 0 Å². The van der Waals surface area contributed by atoms with Crippen molar-refractivity contribution < 1.29 is 14.3 Å². The summed E-state index contributed by atoms with van der Waals surface area (Å²) in [5.41, 5.74) is 5.01. The molecule has 0 radical (unpaired) electrons. The van der Waals surface area contributed by atoms with E-state index in [1.165, 1.54) is 0 Å². The maximum Gasteiger partial charge on any atom is 0.336 e. The second-order valence-corrected chi connectivity index (χ2v) is 8.06. The Hall–Kier alpha value is -2.36. The molecule has 3 rings (SSSR count). The molecule has 0 saturated heterocycles. The van der Waals surface area contributed by atoms with Crippen molar-refractivity contribution in [2.45, 2.75) is 53.4 Å². The second kappa shape index (κ2) is 6.75. The van der Waals surface area contributed by atoms with Crippen LogP contribution in [0.1, 0.15) is 57.6 Å². The number of hydrogen-bond acceptors (Lipinski definition) is 4. The number of nitrogens with one attached hydrogen (secondary N) is 1. The number of allylic oxidation sites excluding steroid dienone is 3. The van der Waals surface area contributed by atoms with Crippen molar-refractivity contribution in [1.29, 1.82) is 0 Å². The number of carbonyl (C=O) groups excluding carboxylic acids is 2. The molecule has 4 nitrogen and oxygen atoms in total. The molecule has 2 aliphatic rings. The average molecular weight is 353 g/mol. The number of rotatable bonds is 3. The second-order valence-electron chi connectivity index (χ2n) is 8.06. The lowest BCUT2D eigenvalue weighted by molar-refractivity contribution is -0.138. The van der Waals surface area contributed by atoms with Gasteiger partial charge in [-0.25, -0.2) is 4.79 Å². The monoisotopic (exact) mass is 353 g/mol. The van der Waals surface area contributed by atoms with E-state index in [0.29, 0.717) is 18.6 Å². The van der Waals surface area contributed by atoms with Crippen LogP contribution in [0, 0.1) is 12.3 Å². The van der Waals surface area contributed by atoms with Gasteiger partial charge in [0.1, 0.15) is 0 Å². The quantitative estimate of drug-likeness (QED) is 0.829. The Balaban J connectivity index is 2.17. The van der Waals surface area contributed by atoms with Crippen molar-refractivity contribution in [2.75, 3.05) is 6.61 Å². The van der Waals surface area contributed by atoms with Crippen molar-refractivity contribution in [1.82, 2.24) is 5.32 Å². The first kappa shape index (κ1) is 18.4. The molecule has 26 heavy (non-hydrogen) atoms. The number of dihydropyridines is 1. The van der Waals surface area contributed by atoms with E-state index in [1.54, 1.807) is 6.92 Å². The van der Waals surface area contributed by atoms with E-state index in [1.807, 2.05) is 38.1 Å². The lowest BCUT2D eigenvalue weighted by atomic mass is 9.68. The van der Waals surface area contributed by atoms with E-state index in [2.05, 4.69) is 19.2 Å². The summed E-state index contributed by atoms with van der Waals surface area (Å²) in [5, 5.41) is 3.34. The van der Waals surface area contributed by atoms with Crippen LogP contribution in [0.4, 0.5) is 0 Å². The van der Waals surface area contributed by atoms with Gasteiger partial charge < -0.3 is 10.1 Å². The summed E-state index contributed by atoms with van der Waals surface area (Å²) < 4.78 is 5.31. The minimum absolute atomic E-state index is 0.0809. The third-order valence-electron chi connectivity index (χ3n) is 5.15. The molecule has 138 valence electrons. The van der Waals surface area contributed by atoms with Gasteiger partial charge in [-0.3, -0.25) is 4.79 Å². The van der Waals surface area contributed by atoms with Gasteiger partial charge in [-0.15, -0.1) is 0 Å². The van der Waals surface area contributed by atoms with Crippen molar-refractivity contribution in [2.24, 2.45) is 5.41 Å². The SMILES string of the molecule is CCOC(=O)C1=C(C)NC2=C(C(=O)CC(C)(C)C2)[C@H]1c1ccc(C)cc1. The third kappa shape index (κ3) is 3.33. The number of carbonyl (C=O) groups is 2. The van der Waals surface area contributed by atoms with Gasteiger partial charge >= 0.3 is 5.97 Å². The fourth-order valence-corrected chi connectivity index (χ4v) is 4.01. The van der Waals surface area contributed by atoms with E-state index in [4.69, 9.17) is 4.74 Å². The zero-order valence-corrected chi connectivity index (χ0v) is 16.2. The largest absolute Gasteiger partial charge is 0.463 e. The minimum atomic E-state index is -0.366. The van der Waals surface area contributed by atoms with E-state index < -0.39 is 0 Å². The molecule has 1 aromatic carbocycles. The van der Waals surface area contributed by atoms with Gasteiger partial charge in [0.2, 0.25) is 0 Å². The van der Waals surface area contributed by atoms with Crippen LogP contribution in [-0.2, 0) is 14.3 Å². The molecule has 1 aromatic rings.